The van der Waals surface area contributed by atoms with Crippen molar-refractivity contribution in [3.63, 3.8) is 0 Å². The number of thiocarbonyl (C=S) groups is 1. The average Bonchev–Trinajstić information content (AvgIpc) is 1.82. The van der Waals surface area contributed by atoms with Gasteiger partial charge in [0, 0.05) is 0 Å². The molecule has 0 heterocycles. The lowest BCUT2D eigenvalue weighted by Gasteiger charge is -2.30. The molecule has 0 fully saturated rings. The van der Waals surface area contributed by atoms with Crippen molar-refractivity contribution in [1.82, 2.24) is 5.32 Å². The SMILES string of the molecule is CC1=CC=CC(C)(NC(N)=S)C1. The predicted molar refractivity (Wildman–Crippen MR) is 55.8 cm³/mol. The summed E-state index contributed by atoms with van der Waals surface area (Å²) in [5.41, 5.74) is 6.67. The summed E-state index contributed by atoms with van der Waals surface area (Å²) in [5, 5.41) is 3.43. The topological polar surface area (TPSA) is 38.0 Å². The van der Waals surface area contributed by atoms with Crippen molar-refractivity contribution in [3.05, 3.63) is 23.8 Å². The van der Waals surface area contributed by atoms with Crippen molar-refractivity contribution < 1.29 is 0 Å². The molecule has 0 aromatic carbocycles. The van der Waals surface area contributed by atoms with Gasteiger partial charge in [-0.3, -0.25) is 0 Å². The predicted octanol–water partition coefficient (Wildman–Crippen LogP) is 1.48. The lowest BCUT2D eigenvalue weighted by molar-refractivity contribution is 0.511. The van der Waals surface area contributed by atoms with Crippen LogP contribution in [0.2, 0.25) is 0 Å². The van der Waals surface area contributed by atoms with Gasteiger partial charge in [0.05, 0.1) is 5.54 Å². The van der Waals surface area contributed by atoms with Gasteiger partial charge in [-0.1, -0.05) is 23.8 Å². The summed E-state index contributed by atoms with van der Waals surface area (Å²) < 4.78 is 0. The quantitative estimate of drug-likeness (QED) is 0.603. The van der Waals surface area contributed by atoms with Crippen LogP contribution in [-0.2, 0) is 0 Å². The highest BCUT2D eigenvalue weighted by atomic mass is 32.1. The second kappa shape index (κ2) is 3.27. The Morgan fingerprint density at radius 2 is 2.42 bits per heavy atom. The van der Waals surface area contributed by atoms with Crippen molar-refractivity contribution in [2.45, 2.75) is 25.8 Å². The van der Waals surface area contributed by atoms with Crippen LogP contribution in [0.25, 0.3) is 0 Å². The first-order valence-corrected chi connectivity index (χ1v) is 4.35. The zero-order chi connectivity index (χ0) is 9.19. The van der Waals surface area contributed by atoms with Crippen molar-refractivity contribution in [2.24, 2.45) is 5.73 Å². The van der Waals surface area contributed by atoms with Crippen LogP contribution >= 0.6 is 12.2 Å². The van der Waals surface area contributed by atoms with Gasteiger partial charge in [0.15, 0.2) is 5.11 Å². The van der Waals surface area contributed by atoms with Gasteiger partial charge in [-0.15, -0.1) is 0 Å². The van der Waals surface area contributed by atoms with Crippen LogP contribution in [0, 0.1) is 0 Å². The maximum atomic E-state index is 5.42. The molecule has 12 heavy (non-hydrogen) atoms. The van der Waals surface area contributed by atoms with Gasteiger partial charge in [0.25, 0.3) is 0 Å². The first kappa shape index (κ1) is 9.26. The number of rotatable bonds is 1. The standard InChI is InChI=1S/C9H14N2S/c1-7-4-3-5-9(2,6-7)11-8(10)12/h3-5H,6H2,1-2H3,(H3,10,11,12). The van der Waals surface area contributed by atoms with E-state index in [-0.39, 0.29) is 5.54 Å². The molecule has 0 saturated carbocycles. The molecule has 0 radical (unpaired) electrons. The molecular weight excluding hydrogens is 168 g/mol. The van der Waals surface area contributed by atoms with Crippen molar-refractivity contribution in [2.75, 3.05) is 0 Å². The van der Waals surface area contributed by atoms with Crippen molar-refractivity contribution in [3.8, 4) is 0 Å². The van der Waals surface area contributed by atoms with Crippen molar-refractivity contribution in [1.29, 1.82) is 0 Å². The third-order valence-corrected chi connectivity index (χ3v) is 2.00. The highest BCUT2D eigenvalue weighted by Gasteiger charge is 2.22. The molecule has 0 saturated heterocycles. The Labute approximate surface area is 78.5 Å². The third kappa shape index (κ3) is 2.34. The highest BCUT2D eigenvalue weighted by Crippen LogP contribution is 2.21. The van der Waals surface area contributed by atoms with Crippen LogP contribution in [0.4, 0.5) is 0 Å². The Balaban J connectivity index is 2.69. The fourth-order valence-electron chi connectivity index (χ4n) is 1.49. The summed E-state index contributed by atoms with van der Waals surface area (Å²) in [5.74, 6) is 0. The lowest BCUT2D eigenvalue weighted by Crippen LogP contribution is -2.47. The van der Waals surface area contributed by atoms with Crippen LogP contribution in [0.5, 0.6) is 0 Å². The first-order valence-electron chi connectivity index (χ1n) is 3.94. The van der Waals surface area contributed by atoms with E-state index in [2.05, 4.69) is 31.3 Å². The number of nitrogens with one attached hydrogen (secondary N) is 1. The maximum Gasteiger partial charge on any atom is 0.164 e. The number of nitrogens with two attached hydrogens (primary N) is 1. The van der Waals surface area contributed by atoms with Gasteiger partial charge < -0.3 is 11.1 Å². The lowest BCUT2D eigenvalue weighted by atomic mass is 9.89. The van der Waals surface area contributed by atoms with Crippen LogP contribution in [-0.4, -0.2) is 10.7 Å². The molecule has 0 aromatic rings. The molecule has 1 atom stereocenters. The maximum absolute atomic E-state index is 5.42. The van der Waals surface area contributed by atoms with E-state index in [9.17, 15) is 0 Å². The molecule has 2 nitrogen and oxygen atoms in total. The van der Waals surface area contributed by atoms with Gasteiger partial charge in [-0.2, -0.15) is 0 Å². The minimum Gasteiger partial charge on any atom is -0.376 e. The van der Waals surface area contributed by atoms with Crippen LogP contribution in [0.1, 0.15) is 20.3 Å². The second-order valence-corrected chi connectivity index (χ2v) is 3.90. The summed E-state index contributed by atoms with van der Waals surface area (Å²) in [7, 11) is 0. The Morgan fingerprint density at radius 1 is 1.75 bits per heavy atom. The van der Waals surface area contributed by atoms with Crippen LogP contribution < -0.4 is 11.1 Å². The molecule has 0 aromatic heterocycles. The van der Waals surface area contributed by atoms with E-state index in [1.54, 1.807) is 0 Å². The Bertz CT molecular complexity index is 251. The molecule has 0 spiro atoms. The van der Waals surface area contributed by atoms with E-state index in [0.717, 1.165) is 6.42 Å². The zero-order valence-corrected chi connectivity index (χ0v) is 8.24. The number of hydrogen-bond donors (Lipinski definition) is 2. The first-order chi connectivity index (χ1) is 5.52. The molecule has 1 unspecified atom stereocenters. The van der Waals surface area contributed by atoms with E-state index in [1.165, 1.54) is 5.57 Å². The van der Waals surface area contributed by atoms with E-state index in [1.807, 2.05) is 6.08 Å². The van der Waals surface area contributed by atoms with E-state index < -0.39 is 0 Å². The minimum absolute atomic E-state index is 0.0926. The zero-order valence-electron chi connectivity index (χ0n) is 7.42. The van der Waals surface area contributed by atoms with E-state index in [0.29, 0.717) is 5.11 Å². The van der Waals surface area contributed by atoms with Gasteiger partial charge >= 0.3 is 0 Å². The smallest absolute Gasteiger partial charge is 0.164 e. The molecular formula is C9H14N2S. The highest BCUT2D eigenvalue weighted by molar-refractivity contribution is 7.80. The summed E-state index contributed by atoms with van der Waals surface area (Å²) >= 11 is 4.80. The van der Waals surface area contributed by atoms with Crippen molar-refractivity contribution >= 4 is 17.3 Å². The molecule has 1 aliphatic rings. The Morgan fingerprint density at radius 3 is 2.92 bits per heavy atom. The molecule has 0 aliphatic heterocycles. The van der Waals surface area contributed by atoms with E-state index >= 15 is 0 Å². The summed E-state index contributed by atoms with van der Waals surface area (Å²) in [6, 6.07) is 0. The second-order valence-electron chi connectivity index (χ2n) is 3.46. The average molecular weight is 182 g/mol. The van der Waals surface area contributed by atoms with Gasteiger partial charge in [-0.25, -0.2) is 0 Å². The van der Waals surface area contributed by atoms with Crippen LogP contribution in [0.3, 0.4) is 0 Å². The monoisotopic (exact) mass is 182 g/mol. The normalized spacial score (nSPS) is 28.0. The van der Waals surface area contributed by atoms with E-state index in [4.69, 9.17) is 18.0 Å². The molecule has 3 heteroatoms. The molecule has 0 amide bonds. The molecule has 1 rings (SSSR count). The Hall–Kier alpha value is -0.830. The summed E-state index contributed by atoms with van der Waals surface area (Å²) in [6.07, 6.45) is 7.17. The number of allylic oxidation sites excluding steroid dienone is 2. The third-order valence-electron chi connectivity index (χ3n) is 1.90. The van der Waals surface area contributed by atoms with Gasteiger partial charge in [-0.05, 0) is 32.5 Å². The molecule has 3 N–H and O–H groups in total. The molecule has 66 valence electrons. The Kier molecular flexibility index (Phi) is 2.52. The van der Waals surface area contributed by atoms with Crippen LogP contribution in [0.15, 0.2) is 23.8 Å². The number of hydrogen-bond acceptors (Lipinski definition) is 1. The van der Waals surface area contributed by atoms with Gasteiger partial charge in [0.2, 0.25) is 0 Å². The molecule has 0 bridgehead atoms. The fourth-order valence-corrected chi connectivity index (χ4v) is 1.72. The summed E-state index contributed by atoms with van der Waals surface area (Å²) in [4.78, 5) is 0. The fraction of sp³-hybridized carbons (Fsp3) is 0.444. The van der Waals surface area contributed by atoms with Gasteiger partial charge in [0.1, 0.15) is 0 Å². The summed E-state index contributed by atoms with van der Waals surface area (Å²) in [6.45, 7) is 4.18. The minimum atomic E-state index is -0.0926. The molecule has 1 aliphatic carbocycles. The largest absolute Gasteiger partial charge is 0.376 e.